The third kappa shape index (κ3) is 5.24. The summed E-state index contributed by atoms with van der Waals surface area (Å²) in [6, 6.07) is 13.9. The normalized spacial score (nSPS) is 11.2. The fourth-order valence-electron chi connectivity index (χ4n) is 2.98. The zero-order valence-electron chi connectivity index (χ0n) is 17.9. The van der Waals surface area contributed by atoms with E-state index in [0.717, 1.165) is 11.3 Å². The lowest BCUT2D eigenvalue weighted by Crippen LogP contribution is -2.24. The van der Waals surface area contributed by atoms with Gasteiger partial charge in [0.2, 0.25) is 5.91 Å². The van der Waals surface area contributed by atoms with E-state index in [2.05, 4.69) is 18.8 Å². The van der Waals surface area contributed by atoms with E-state index in [1.54, 1.807) is 35.5 Å². The molecule has 0 atom stereocenters. The minimum absolute atomic E-state index is 0.140. The van der Waals surface area contributed by atoms with Crippen molar-refractivity contribution < 1.29 is 14.0 Å². The number of carbonyl (C=O) groups is 2. The standard InChI is InChI=1S/C24H24FN3O2S/c1-16(2)18-8-7-9-20(14-18)27(4)23(30)13-12-19-15-31-24(26-19)28(17(3)29)22-11-6-5-10-21(22)25/h5-16H,1-4H3/b13-12+. The fourth-order valence-corrected chi connectivity index (χ4v) is 3.83. The van der Waals surface area contributed by atoms with Gasteiger partial charge in [0.1, 0.15) is 5.82 Å². The number of carbonyl (C=O) groups excluding carboxylic acids is 2. The first-order valence-electron chi connectivity index (χ1n) is 9.84. The lowest BCUT2D eigenvalue weighted by Gasteiger charge is -2.18. The van der Waals surface area contributed by atoms with Gasteiger partial charge in [-0.05, 0) is 41.8 Å². The summed E-state index contributed by atoms with van der Waals surface area (Å²) >= 11 is 1.20. The van der Waals surface area contributed by atoms with Crippen LogP contribution in [0, 0.1) is 5.82 Å². The molecule has 31 heavy (non-hydrogen) atoms. The summed E-state index contributed by atoms with van der Waals surface area (Å²) in [5, 5.41) is 2.05. The number of aromatic nitrogens is 1. The quantitative estimate of drug-likeness (QED) is 0.460. The lowest BCUT2D eigenvalue weighted by molar-refractivity contribution is -0.116. The largest absolute Gasteiger partial charge is 0.312 e. The van der Waals surface area contributed by atoms with Crippen molar-refractivity contribution in [3.8, 4) is 0 Å². The Morgan fingerprint density at radius 3 is 2.55 bits per heavy atom. The average molecular weight is 438 g/mol. The van der Waals surface area contributed by atoms with Crippen molar-refractivity contribution in [3.63, 3.8) is 0 Å². The van der Waals surface area contributed by atoms with E-state index in [-0.39, 0.29) is 17.5 Å². The van der Waals surface area contributed by atoms with Crippen molar-refractivity contribution in [1.29, 1.82) is 0 Å². The van der Waals surface area contributed by atoms with Crippen LogP contribution >= 0.6 is 11.3 Å². The monoisotopic (exact) mass is 437 g/mol. The molecule has 0 saturated carbocycles. The lowest BCUT2D eigenvalue weighted by atomic mass is 10.0. The number of rotatable bonds is 6. The van der Waals surface area contributed by atoms with Crippen LogP contribution in [0.4, 0.5) is 20.9 Å². The van der Waals surface area contributed by atoms with Crippen LogP contribution < -0.4 is 9.80 Å². The van der Waals surface area contributed by atoms with E-state index < -0.39 is 5.82 Å². The molecule has 0 aliphatic carbocycles. The zero-order chi connectivity index (χ0) is 22.5. The highest BCUT2D eigenvalue weighted by Gasteiger charge is 2.20. The van der Waals surface area contributed by atoms with Gasteiger partial charge in [-0.1, -0.05) is 38.1 Å². The first kappa shape index (κ1) is 22.4. The number of para-hydroxylation sites is 1. The van der Waals surface area contributed by atoms with E-state index in [1.165, 1.54) is 41.4 Å². The second kappa shape index (κ2) is 9.66. The third-order valence-electron chi connectivity index (χ3n) is 4.76. The van der Waals surface area contributed by atoms with Crippen LogP contribution in [0.15, 0.2) is 60.0 Å². The Balaban J connectivity index is 1.78. The zero-order valence-corrected chi connectivity index (χ0v) is 18.7. The average Bonchev–Trinajstić information content (AvgIpc) is 3.21. The Morgan fingerprint density at radius 2 is 1.87 bits per heavy atom. The van der Waals surface area contributed by atoms with Crippen LogP contribution in [-0.2, 0) is 9.59 Å². The van der Waals surface area contributed by atoms with E-state index in [0.29, 0.717) is 16.7 Å². The highest BCUT2D eigenvalue weighted by atomic mass is 32.1. The fraction of sp³-hybridized carbons (Fsp3) is 0.208. The summed E-state index contributed by atoms with van der Waals surface area (Å²) in [7, 11) is 1.72. The van der Waals surface area contributed by atoms with Crippen molar-refractivity contribution in [2.45, 2.75) is 26.7 Å². The van der Waals surface area contributed by atoms with Gasteiger partial charge in [0, 0.05) is 31.1 Å². The molecule has 1 heterocycles. The Hall–Kier alpha value is -3.32. The van der Waals surface area contributed by atoms with Crippen molar-refractivity contribution >= 4 is 45.7 Å². The molecule has 3 aromatic rings. The molecule has 0 aliphatic rings. The van der Waals surface area contributed by atoms with Crippen LogP contribution in [0.1, 0.15) is 37.9 Å². The van der Waals surface area contributed by atoms with E-state index >= 15 is 0 Å². The van der Waals surface area contributed by atoms with Gasteiger partial charge >= 0.3 is 0 Å². The molecule has 0 N–H and O–H groups in total. The number of thiazole rings is 1. The molecule has 0 aliphatic heterocycles. The molecule has 0 spiro atoms. The molecular weight excluding hydrogens is 413 g/mol. The second-order valence-electron chi connectivity index (χ2n) is 7.34. The molecule has 0 radical (unpaired) electrons. The predicted octanol–water partition coefficient (Wildman–Crippen LogP) is 5.77. The second-order valence-corrected chi connectivity index (χ2v) is 8.18. The molecule has 0 fully saturated rings. The number of amides is 2. The topological polar surface area (TPSA) is 53.5 Å². The molecule has 7 heteroatoms. The number of anilines is 3. The highest BCUT2D eigenvalue weighted by Crippen LogP contribution is 2.31. The van der Waals surface area contributed by atoms with E-state index in [1.807, 2.05) is 24.3 Å². The number of hydrogen-bond donors (Lipinski definition) is 0. The Bertz CT molecular complexity index is 1120. The van der Waals surface area contributed by atoms with Crippen molar-refractivity contribution in [3.05, 3.63) is 77.1 Å². The van der Waals surface area contributed by atoms with Crippen LogP contribution in [0.25, 0.3) is 6.08 Å². The van der Waals surface area contributed by atoms with E-state index in [9.17, 15) is 14.0 Å². The highest BCUT2D eigenvalue weighted by molar-refractivity contribution is 7.14. The number of likely N-dealkylation sites (N-methyl/N-ethyl adjacent to an activating group) is 1. The number of halogens is 1. The molecule has 0 unspecified atom stereocenters. The predicted molar refractivity (Wildman–Crippen MR) is 124 cm³/mol. The SMILES string of the molecule is CC(=O)N(c1nc(/C=C/C(=O)N(C)c2cccc(C(C)C)c2)cs1)c1ccccc1F. The summed E-state index contributed by atoms with van der Waals surface area (Å²) in [5.41, 5.74) is 2.62. The number of benzene rings is 2. The van der Waals surface area contributed by atoms with Crippen molar-refractivity contribution in [1.82, 2.24) is 4.98 Å². The first-order chi connectivity index (χ1) is 14.8. The van der Waals surface area contributed by atoms with Gasteiger partial charge in [0.15, 0.2) is 5.13 Å². The molecule has 0 bridgehead atoms. The van der Waals surface area contributed by atoms with Crippen molar-refractivity contribution in [2.75, 3.05) is 16.8 Å². The van der Waals surface area contributed by atoms with Gasteiger partial charge in [-0.25, -0.2) is 9.37 Å². The minimum atomic E-state index is -0.509. The molecule has 3 rings (SSSR count). The minimum Gasteiger partial charge on any atom is -0.312 e. The maximum Gasteiger partial charge on any atom is 0.250 e. The molecule has 160 valence electrons. The molecule has 2 aromatic carbocycles. The number of nitrogens with zero attached hydrogens (tertiary/aromatic N) is 3. The van der Waals surface area contributed by atoms with Crippen LogP contribution in [0.2, 0.25) is 0 Å². The third-order valence-corrected chi connectivity index (χ3v) is 5.60. The Labute approximate surface area is 185 Å². The van der Waals surface area contributed by atoms with Crippen LogP contribution in [-0.4, -0.2) is 23.8 Å². The van der Waals surface area contributed by atoms with Gasteiger partial charge in [-0.3, -0.25) is 14.5 Å². The Kier molecular flexibility index (Phi) is 6.97. The number of hydrogen-bond acceptors (Lipinski definition) is 4. The maximum atomic E-state index is 14.2. The summed E-state index contributed by atoms with van der Waals surface area (Å²) < 4.78 is 14.2. The molecular formula is C24H24FN3O2S. The van der Waals surface area contributed by atoms with Gasteiger partial charge in [0.05, 0.1) is 11.4 Å². The van der Waals surface area contributed by atoms with Gasteiger partial charge < -0.3 is 4.90 Å². The molecule has 1 aromatic heterocycles. The van der Waals surface area contributed by atoms with Gasteiger partial charge in [-0.2, -0.15) is 0 Å². The van der Waals surface area contributed by atoms with Gasteiger partial charge in [0.25, 0.3) is 5.91 Å². The van der Waals surface area contributed by atoms with Crippen LogP contribution in [0.5, 0.6) is 0 Å². The summed E-state index contributed by atoms with van der Waals surface area (Å²) in [4.78, 5) is 31.9. The summed E-state index contributed by atoms with van der Waals surface area (Å²) in [6.07, 6.45) is 3.02. The molecule has 5 nitrogen and oxygen atoms in total. The smallest absolute Gasteiger partial charge is 0.250 e. The van der Waals surface area contributed by atoms with Gasteiger partial charge in [-0.15, -0.1) is 11.3 Å². The summed E-state index contributed by atoms with van der Waals surface area (Å²) in [5.74, 6) is -0.694. The van der Waals surface area contributed by atoms with Crippen LogP contribution in [0.3, 0.4) is 0 Å². The molecule has 0 saturated heterocycles. The molecule has 2 amide bonds. The summed E-state index contributed by atoms with van der Waals surface area (Å²) in [6.45, 7) is 5.56. The Morgan fingerprint density at radius 1 is 1.13 bits per heavy atom. The van der Waals surface area contributed by atoms with E-state index in [4.69, 9.17) is 0 Å². The van der Waals surface area contributed by atoms with Crippen molar-refractivity contribution in [2.24, 2.45) is 0 Å². The first-order valence-corrected chi connectivity index (χ1v) is 10.7. The maximum absolute atomic E-state index is 14.2.